The molecule has 0 bridgehead atoms. The first kappa shape index (κ1) is 16.7. The predicted molar refractivity (Wildman–Crippen MR) is 95.0 cm³/mol. The van der Waals surface area contributed by atoms with E-state index in [1.54, 1.807) is 12.1 Å². The van der Waals surface area contributed by atoms with E-state index in [9.17, 15) is 10.1 Å². The molecule has 0 saturated carbocycles. The molecule has 0 heterocycles. The van der Waals surface area contributed by atoms with Crippen molar-refractivity contribution in [1.29, 1.82) is 0 Å². The highest BCUT2D eigenvalue weighted by Crippen LogP contribution is 2.35. The van der Waals surface area contributed by atoms with E-state index >= 15 is 0 Å². The molecule has 0 spiro atoms. The van der Waals surface area contributed by atoms with Crippen molar-refractivity contribution in [2.45, 2.75) is 6.54 Å². The number of halogens is 4. The molecule has 0 atom stereocenters. The molecule has 8 heteroatoms. The number of benzene rings is 2. The minimum absolute atomic E-state index is 0.000596. The van der Waals surface area contributed by atoms with Crippen LogP contribution < -0.4 is 5.32 Å². The second-order valence-corrected chi connectivity index (χ2v) is 7.12. The minimum Gasteiger partial charge on any atom is -0.379 e. The van der Waals surface area contributed by atoms with E-state index in [1.165, 1.54) is 6.07 Å². The van der Waals surface area contributed by atoms with Gasteiger partial charge in [-0.25, -0.2) is 0 Å². The van der Waals surface area contributed by atoms with Crippen LogP contribution in [0.3, 0.4) is 0 Å². The van der Waals surface area contributed by atoms with Crippen molar-refractivity contribution in [2.75, 3.05) is 5.32 Å². The summed E-state index contributed by atoms with van der Waals surface area (Å²) < 4.78 is 2.58. The van der Waals surface area contributed by atoms with Crippen LogP contribution in [-0.2, 0) is 6.54 Å². The molecule has 2 rings (SSSR count). The number of nitrogens with zero attached hydrogens (tertiary/aromatic N) is 1. The molecule has 2 aromatic rings. The van der Waals surface area contributed by atoms with Crippen LogP contribution in [0.15, 0.2) is 43.7 Å². The summed E-state index contributed by atoms with van der Waals surface area (Å²) in [5, 5.41) is 14.6. The lowest BCUT2D eigenvalue weighted by Crippen LogP contribution is -2.05. The highest BCUT2D eigenvalue weighted by molar-refractivity contribution is 9.11. The number of anilines is 1. The molecule has 4 nitrogen and oxygen atoms in total. The highest BCUT2D eigenvalue weighted by atomic mass is 79.9. The van der Waals surface area contributed by atoms with Gasteiger partial charge >= 0.3 is 0 Å². The van der Waals surface area contributed by atoms with Crippen LogP contribution in [0.2, 0.25) is 5.02 Å². The van der Waals surface area contributed by atoms with E-state index in [2.05, 4.69) is 53.1 Å². The maximum Gasteiger partial charge on any atom is 0.275 e. The van der Waals surface area contributed by atoms with E-state index in [4.69, 9.17) is 11.6 Å². The molecule has 0 aliphatic heterocycles. The summed E-state index contributed by atoms with van der Waals surface area (Å²) in [6, 6.07) is 8.41. The molecule has 0 aliphatic carbocycles. The summed E-state index contributed by atoms with van der Waals surface area (Å²) in [4.78, 5) is 10.6. The minimum atomic E-state index is -0.436. The van der Waals surface area contributed by atoms with Gasteiger partial charge < -0.3 is 5.32 Å². The number of nitro benzene ring substituents is 1. The summed E-state index contributed by atoms with van der Waals surface area (Å²) in [6.45, 7) is 0.245. The van der Waals surface area contributed by atoms with Gasteiger partial charge in [0, 0.05) is 26.0 Å². The lowest BCUT2D eigenvalue weighted by Gasteiger charge is -2.12. The van der Waals surface area contributed by atoms with Gasteiger partial charge in [-0.15, -0.1) is 0 Å². The molecule has 0 saturated heterocycles. The fourth-order valence-corrected chi connectivity index (χ4v) is 4.56. The molecule has 0 radical (unpaired) electrons. The lowest BCUT2D eigenvalue weighted by atomic mass is 10.1. The number of rotatable bonds is 4. The SMILES string of the molecule is O=[N+]([O-])c1cccc(Cl)c1CNc1c(Br)cc(Br)cc1Br. The Kier molecular flexibility index (Phi) is 5.65. The van der Waals surface area contributed by atoms with Gasteiger partial charge in [0.2, 0.25) is 0 Å². The van der Waals surface area contributed by atoms with Gasteiger partial charge in [-0.1, -0.05) is 33.6 Å². The van der Waals surface area contributed by atoms with E-state index < -0.39 is 4.92 Å². The largest absolute Gasteiger partial charge is 0.379 e. The zero-order chi connectivity index (χ0) is 15.6. The molecule has 0 fully saturated rings. The van der Waals surface area contributed by atoms with Crippen LogP contribution in [0, 0.1) is 10.1 Å². The fraction of sp³-hybridized carbons (Fsp3) is 0.0769. The number of nitrogens with one attached hydrogen (secondary N) is 1. The molecule has 21 heavy (non-hydrogen) atoms. The topological polar surface area (TPSA) is 55.2 Å². The van der Waals surface area contributed by atoms with Crippen molar-refractivity contribution in [3.05, 3.63) is 64.5 Å². The van der Waals surface area contributed by atoms with Gasteiger partial charge in [0.15, 0.2) is 0 Å². The van der Waals surface area contributed by atoms with Crippen molar-refractivity contribution in [2.24, 2.45) is 0 Å². The van der Waals surface area contributed by atoms with Crippen LogP contribution >= 0.6 is 59.4 Å². The maximum absolute atomic E-state index is 11.1. The molecule has 0 aromatic heterocycles. The van der Waals surface area contributed by atoms with Gasteiger partial charge in [0.25, 0.3) is 5.69 Å². The third-order valence-corrected chi connectivity index (χ3v) is 4.80. The van der Waals surface area contributed by atoms with Crippen LogP contribution in [0.5, 0.6) is 0 Å². The van der Waals surface area contributed by atoms with Crippen molar-refractivity contribution < 1.29 is 4.92 Å². The monoisotopic (exact) mass is 496 g/mol. The molecule has 110 valence electrons. The maximum atomic E-state index is 11.1. The van der Waals surface area contributed by atoms with Crippen molar-refractivity contribution in [1.82, 2.24) is 0 Å². The van der Waals surface area contributed by atoms with Crippen LogP contribution in [0.25, 0.3) is 0 Å². The van der Waals surface area contributed by atoms with E-state index in [0.717, 1.165) is 19.1 Å². The molecule has 2 aromatic carbocycles. The highest BCUT2D eigenvalue weighted by Gasteiger charge is 2.17. The third-order valence-electron chi connectivity index (χ3n) is 2.74. The summed E-state index contributed by atoms with van der Waals surface area (Å²) in [5.74, 6) is 0. The summed E-state index contributed by atoms with van der Waals surface area (Å²) in [7, 11) is 0. The molecule has 0 amide bonds. The predicted octanol–water partition coefficient (Wildman–Crippen LogP) is 6.15. The summed E-state index contributed by atoms with van der Waals surface area (Å²) in [5.41, 5.74) is 1.25. The number of hydrogen-bond donors (Lipinski definition) is 1. The van der Waals surface area contributed by atoms with Crippen molar-refractivity contribution >= 4 is 70.8 Å². The molecule has 1 N–H and O–H groups in total. The Morgan fingerprint density at radius 3 is 2.38 bits per heavy atom. The average molecular weight is 499 g/mol. The quantitative estimate of drug-likeness (QED) is 0.406. The van der Waals surface area contributed by atoms with E-state index in [1.807, 2.05) is 12.1 Å². The lowest BCUT2D eigenvalue weighted by molar-refractivity contribution is -0.385. The Bertz CT molecular complexity index is 687. The standard InChI is InChI=1S/C13H8Br3ClN2O2/c14-7-4-9(15)13(10(16)5-7)18-6-8-11(17)2-1-3-12(8)19(20)21/h1-5,18H,6H2. The van der Waals surface area contributed by atoms with E-state index in [-0.39, 0.29) is 12.2 Å². The van der Waals surface area contributed by atoms with Gasteiger partial charge in [0.05, 0.1) is 21.2 Å². The second-order valence-electron chi connectivity index (χ2n) is 4.09. The summed E-state index contributed by atoms with van der Waals surface area (Å²) >= 11 is 16.4. The van der Waals surface area contributed by atoms with E-state index in [0.29, 0.717) is 10.6 Å². The number of nitro groups is 1. The van der Waals surface area contributed by atoms with Crippen LogP contribution in [0.4, 0.5) is 11.4 Å². The van der Waals surface area contributed by atoms with Crippen LogP contribution in [0.1, 0.15) is 5.56 Å². The Morgan fingerprint density at radius 1 is 1.19 bits per heavy atom. The Hall–Kier alpha value is -0.630. The second kappa shape index (κ2) is 7.09. The van der Waals surface area contributed by atoms with Crippen molar-refractivity contribution in [3.8, 4) is 0 Å². The van der Waals surface area contributed by atoms with Crippen molar-refractivity contribution in [3.63, 3.8) is 0 Å². The van der Waals surface area contributed by atoms with Gasteiger partial charge in [-0.05, 0) is 50.1 Å². The van der Waals surface area contributed by atoms with Crippen LogP contribution in [-0.4, -0.2) is 4.92 Å². The third kappa shape index (κ3) is 3.97. The Morgan fingerprint density at radius 2 is 1.81 bits per heavy atom. The summed E-state index contributed by atoms with van der Waals surface area (Å²) in [6.07, 6.45) is 0. The molecular formula is C13H8Br3ClN2O2. The first-order valence-corrected chi connectivity index (χ1v) is 8.46. The first-order valence-electron chi connectivity index (χ1n) is 5.70. The normalized spacial score (nSPS) is 10.5. The molecular weight excluding hydrogens is 491 g/mol. The van der Waals surface area contributed by atoms with Gasteiger partial charge in [-0.3, -0.25) is 10.1 Å². The zero-order valence-corrected chi connectivity index (χ0v) is 15.9. The fourth-order valence-electron chi connectivity index (χ4n) is 1.78. The number of hydrogen-bond acceptors (Lipinski definition) is 3. The zero-order valence-electron chi connectivity index (χ0n) is 10.4. The van der Waals surface area contributed by atoms with Gasteiger partial charge in [0.1, 0.15) is 0 Å². The molecule has 0 aliphatic rings. The van der Waals surface area contributed by atoms with Gasteiger partial charge in [-0.2, -0.15) is 0 Å². The Balaban J connectivity index is 2.31. The average Bonchev–Trinajstić information content (AvgIpc) is 2.38. The smallest absolute Gasteiger partial charge is 0.275 e. The first-order chi connectivity index (χ1) is 9.90. The Labute approximate surface area is 151 Å². The molecule has 0 unspecified atom stereocenters.